The van der Waals surface area contributed by atoms with Crippen LogP contribution in [0.1, 0.15) is 37.3 Å². The van der Waals surface area contributed by atoms with Gasteiger partial charge in [-0.1, -0.05) is 12.5 Å². The molecule has 4 nitrogen and oxygen atoms in total. The first-order valence-corrected chi connectivity index (χ1v) is 7.13. The summed E-state index contributed by atoms with van der Waals surface area (Å²) in [6.07, 6.45) is 3.38. The van der Waals surface area contributed by atoms with Crippen molar-refractivity contribution >= 4 is 0 Å². The van der Waals surface area contributed by atoms with Gasteiger partial charge in [-0.05, 0) is 31.9 Å². The zero-order chi connectivity index (χ0) is 14.5. The summed E-state index contributed by atoms with van der Waals surface area (Å²) in [7, 11) is 1.63. The van der Waals surface area contributed by atoms with Gasteiger partial charge < -0.3 is 9.84 Å². The molecular formula is C16H22N2O2. The van der Waals surface area contributed by atoms with Crippen LogP contribution in [0.3, 0.4) is 0 Å². The van der Waals surface area contributed by atoms with E-state index in [2.05, 4.69) is 17.9 Å². The molecule has 1 saturated heterocycles. The maximum atomic E-state index is 9.55. The summed E-state index contributed by atoms with van der Waals surface area (Å²) in [6, 6.07) is 8.36. The van der Waals surface area contributed by atoms with Crippen LogP contribution >= 0.6 is 0 Å². The standard InChI is InChI=1S/C16H22N2O2/c1-12-4-3-5-15(11-19)18(12)10-14-7-6-13(9-17)8-16(14)20-2/h6-8,12,15,19H,3-5,10-11H2,1-2H3/t12-,15+/m1/s1. The van der Waals surface area contributed by atoms with E-state index in [-0.39, 0.29) is 12.6 Å². The second kappa shape index (κ2) is 6.74. The highest BCUT2D eigenvalue weighted by Crippen LogP contribution is 2.28. The number of benzene rings is 1. The van der Waals surface area contributed by atoms with Crippen LogP contribution < -0.4 is 4.74 Å². The van der Waals surface area contributed by atoms with Crippen LogP contribution in [0.25, 0.3) is 0 Å². The summed E-state index contributed by atoms with van der Waals surface area (Å²) >= 11 is 0. The Hall–Kier alpha value is -1.57. The highest BCUT2D eigenvalue weighted by molar-refractivity contribution is 5.42. The maximum Gasteiger partial charge on any atom is 0.124 e. The molecule has 1 aromatic rings. The lowest BCUT2D eigenvalue weighted by Crippen LogP contribution is -2.46. The zero-order valence-electron chi connectivity index (χ0n) is 12.2. The third kappa shape index (κ3) is 3.12. The van der Waals surface area contributed by atoms with Gasteiger partial charge in [-0.3, -0.25) is 4.90 Å². The van der Waals surface area contributed by atoms with Gasteiger partial charge in [0.1, 0.15) is 5.75 Å². The molecule has 1 aromatic carbocycles. The molecule has 0 aromatic heterocycles. The van der Waals surface area contributed by atoms with E-state index in [1.54, 1.807) is 13.2 Å². The van der Waals surface area contributed by atoms with E-state index >= 15 is 0 Å². The molecule has 0 aliphatic carbocycles. The average molecular weight is 274 g/mol. The minimum Gasteiger partial charge on any atom is -0.496 e. The van der Waals surface area contributed by atoms with E-state index in [1.165, 1.54) is 6.42 Å². The van der Waals surface area contributed by atoms with Crippen molar-refractivity contribution < 1.29 is 9.84 Å². The van der Waals surface area contributed by atoms with Gasteiger partial charge in [0, 0.05) is 24.2 Å². The van der Waals surface area contributed by atoms with Crippen molar-refractivity contribution in [3.63, 3.8) is 0 Å². The number of hydrogen-bond donors (Lipinski definition) is 1. The number of aliphatic hydroxyl groups excluding tert-OH is 1. The summed E-state index contributed by atoms with van der Waals surface area (Å²) in [6.45, 7) is 3.15. The second-order valence-corrected chi connectivity index (χ2v) is 5.43. The normalized spacial score (nSPS) is 23.3. The van der Waals surface area contributed by atoms with Crippen molar-refractivity contribution in [1.82, 2.24) is 4.90 Å². The number of nitriles is 1. The molecule has 1 heterocycles. The Bertz CT molecular complexity index is 496. The van der Waals surface area contributed by atoms with Gasteiger partial charge in [0.15, 0.2) is 0 Å². The van der Waals surface area contributed by atoms with Crippen LogP contribution in [0.2, 0.25) is 0 Å². The van der Waals surface area contributed by atoms with Gasteiger partial charge in [0.05, 0.1) is 25.3 Å². The summed E-state index contributed by atoms with van der Waals surface area (Å²) in [5, 5.41) is 18.5. The fourth-order valence-corrected chi connectivity index (χ4v) is 2.96. The van der Waals surface area contributed by atoms with Gasteiger partial charge in [-0.2, -0.15) is 5.26 Å². The van der Waals surface area contributed by atoms with Crippen molar-refractivity contribution in [1.29, 1.82) is 5.26 Å². The lowest BCUT2D eigenvalue weighted by molar-refractivity contribution is 0.0446. The third-order valence-electron chi connectivity index (χ3n) is 4.17. The molecule has 2 rings (SSSR count). The Morgan fingerprint density at radius 1 is 1.45 bits per heavy atom. The highest BCUT2D eigenvalue weighted by atomic mass is 16.5. The smallest absolute Gasteiger partial charge is 0.124 e. The number of piperidine rings is 1. The Balaban J connectivity index is 2.21. The molecule has 0 saturated carbocycles. The van der Waals surface area contributed by atoms with Crippen LogP contribution in [0.5, 0.6) is 5.75 Å². The van der Waals surface area contributed by atoms with Crippen molar-refractivity contribution in [2.45, 2.75) is 44.8 Å². The Morgan fingerprint density at radius 3 is 2.90 bits per heavy atom. The van der Waals surface area contributed by atoms with E-state index in [0.29, 0.717) is 11.6 Å². The molecular weight excluding hydrogens is 252 g/mol. The van der Waals surface area contributed by atoms with Gasteiger partial charge >= 0.3 is 0 Å². The SMILES string of the molecule is COc1cc(C#N)ccc1CN1[C@H](CO)CCC[C@H]1C. The summed E-state index contributed by atoms with van der Waals surface area (Å²) in [5.74, 6) is 0.749. The second-order valence-electron chi connectivity index (χ2n) is 5.43. The topological polar surface area (TPSA) is 56.5 Å². The van der Waals surface area contributed by atoms with Crippen LogP contribution in [0.15, 0.2) is 18.2 Å². The van der Waals surface area contributed by atoms with E-state index < -0.39 is 0 Å². The molecule has 0 amide bonds. The Kier molecular flexibility index (Phi) is 4.99. The molecule has 0 radical (unpaired) electrons. The maximum absolute atomic E-state index is 9.55. The minimum absolute atomic E-state index is 0.197. The molecule has 0 bridgehead atoms. The number of ether oxygens (including phenoxy) is 1. The number of methoxy groups -OCH3 is 1. The molecule has 1 N–H and O–H groups in total. The summed E-state index contributed by atoms with van der Waals surface area (Å²) < 4.78 is 5.39. The highest BCUT2D eigenvalue weighted by Gasteiger charge is 2.27. The number of nitrogens with zero attached hydrogens (tertiary/aromatic N) is 2. The van der Waals surface area contributed by atoms with Crippen molar-refractivity contribution in [2.75, 3.05) is 13.7 Å². The van der Waals surface area contributed by atoms with E-state index in [4.69, 9.17) is 10.00 Å². The van der Waals surface area contributed by atoms with Gasteiger partial charge in [-0.25, -0.2) is 0 Å². The Labute approximate surface area is 120 Å². The molecule has 0 spiro atoms. The average Bonchev–Trinajstić information content (AvgIpc) is 2.49. The molecule has 4 heteroatoms. The summed E-state index contributed by atoms with van der Waals surface area (Å²) in [4.78, 5) is 2.34. The predicted octanol–water partition coefficient (Wildman–Crippen LogP) is 2.30. The van der Waals surface area contributed by atoms with Crippen LogP contribution in [-0.2, 0) is 6.54 Å². The third-order valence-corrected chi connectivity index (χ3v) is 4.17. The monoisotopic (exact) mass is 274 g/mol. The van der Waals surface area contributed by atoms with Crippen LogP contribution in [0.4, 0.5) is 0 Å². The lowest BCUT2D eigenvalue weighted by atomic mass is 9.96. The van der Waals surface area contributed by atoms with Gasteiger partial charge in [-0.15, -0.1) is 0 Å². The molecule has 1 aliphatic rings. The quantitative estimate of drug-likeness (QED) is 0.915. The number of likely N-dealkylation sites (tertiary alicyclic amines) is 1. The lowest BCUT2D eigenvalue weighted by Gasteiger charge is -2.40. The molecule has 1 aliphatic heterocycles. The zero-order valence-corrected chi connectivity index (χ0v) is 12.2. The predicted molar refractivity (Wildman–Crippen MR) is 77.4 cm³/mol. The molecule has 2 atom stereocenters. The fourth-order valence-electron chi connectivity index (χ4n) is 2.96. The molecule has 1 fully saturated rings. The molecule has 0 unspecified atom stereocenters. The van der Waals surface area contributed by atoms with Crippen molar-refractivity contribution in [3.8, 4) is 11.8 Å². The van der Waals surface area contributed by atoms with Gasteiger partial charge in [0.2, 0.25) is 0 Å². The Morgan fingerprint density at radius 2 is 2.25 bits per heavy atom. The van der Waals surface area contributed by atoms with E-state index in [1.807, 2.05) is 12.1 Å². The minimum atomic E-state index is 0.197. The van der Waals surface area contributed by atoms with Crippen LogP contribution in [0, 0.1) is 11.3 Å². The first kappa shape index (κ1) is 14.8. The first-order valence-electron chi connectivity index (χ1n) is 7.13. The first-order chi connectivity index (χ1) is 9.69. The fraction of sp³-hybridized carbons (Fsp3) is 0.562. The molecule has 108 valence electrons. The largest absolute Gasteiger partial charge is 0.496 e. The molecule has 20 heavy (non-hydrogen) atoms. The summed E-state index contributed by atoms with van der Waals surface area (Å²) in [5.41, 5.74) is 1.68. The van der Waals surface area contributed by atoms with Crippen LogP contribution in [-0.4, -0.2) is 35.8 Å². The number of aliphatic hydroxyl groups is 1. The van der Waals surface area contributed by atoms with Crippen molar-refractivity contribution in [3.05, 3.63) is 29.3 Å². The number of rotatable bonds is 4. The number of hydrogen-bond acceptors (Lipinski definition) is 4. The van der Waals surface area contributed by atoms with Crippen molar-refractivity contribution in [2.24, 2.45) is 0 Å². The van der Waals surface area contributed by atoms with E-state index in [9.17, 15) is 5.11 Å². The van der Waals surface area contributed by atoms with E-state index in [0.717, 1.165) is 30.7 Å². The van der Waals surface area contributed by atoms with Gasteiger partial charge in [0.25, 0.3) is 0 Å².